The molecule has 0 unspecified atom stereocenters. The van der Waals surface area contributed by atoms with Gasteiger partial charge in [0.2, 0.25) is 0 Å². The minimum Gasteiger partial charge on any atom is -0.496 e. The summed E-state index contributed by atoms with van der Waals surface area (Å²) in [6.45, 7) is 0.586. The number of aromatic amines is 1. The number of ether oxygens (including phenoxy) is 1. The standard InChI is InChI=1S/C13H15BrN4O2/c1-20-11-5-4-9(7-10(11)14)13(19)15-6-2-3-12-16-8-17-18-12/h4-5,7-8H,2-3,6H2,1H3,(H,15,19)(H,16,17,18). The number of aromatic nitrogens is 3. The van der Waals surface area contributed by atoms with Crippen LogP contribution in [0.5, 0.6) is 5.75 Å². The van der Waals surface area contributed by atoms with Crippen molar-refractivity contribution in [1.82, 2.24) is 20.5 Å². The molecule has 7 heteroatoms. The number of H-pyrrole nitrogens is 1. The van der Waals surface area contributed by atoms with Crippen molar-refractivity contribution in [3.05, 3.63) is 40.4 Å². The number of hydrogen-bond acceptors (Lipinski definition) is 4. The van der Waals surface area contributed by atoms with Crippen molar-refractivity contribution in [3.63, 3.8) is 0 Å². The minimum absolute atomic E-state index is 0.106. The number of methoxy groups -OCH3 is 1. The maximum atomic E-state index is 11.9. The van der Waals surface area contributed by atoms with Crippen molar-refractivity contribution in [1.29, 1.82) is 0 Å². The molecule has 1 amide bonds. The molecule has 0 aliphatic rings. The van der Waals surface area contributed by atoms with Gasteiger partial charge in [0.05, 0.1) is 11.6 Å². The first kappa shape index (κ1) is 14.5. The van der Waals surface area contributed by atoms with Gasteiger partial charge < -0.3 is 10.1 Å². The van der Waals surface area contributed by atoms with Crippen LogP contribution in [0.1, 0.15) is 22.6 Å². The van der Waals surface area contributed by atoms with Crippen LogP contribution in [-0.2, 0) is 6.42 Å². The van der Waals surface area contributed by atoms with Gasteiger partial charge >= 0.3 is 0 Å². The predicted octanol–water partition coefficient (Wildman–Crippen LogP) is 1.94. The van der Waals surface area contributed by atoms with Crippen molar-refractivity contribution in [2.45, 2.75) is 12.8 Å². The molecule has 1 heterocycles. The zero-order valence-electron chi connectivity index (χ0n) is 11.0. The van der Waals surface area contributed by atoms with E-state index in [0.29, 0.717) is 17.9 Å². The van der Waals surface area contributed by atoms with E-state index in [-0.39, 0.29) is 5.91 Å². The molecule has 0 aliphatic carbocycles. The lowest BCUT2D eigenvalue weighted by molar-refractivity contribution is 0.0953. The molecule has 1 aromatic heterocycles. The highest BCUT2D eigenvalue weighted by Gasteiger charge is 2.08. The number of carbonyl (C=O) groups is 1. The molecule has 106 valence electrons. The van der Waals surface area contributed by atoms with E-state index >= 15 is 0 Å². The van der Waals surface area contributed by atoms with Crippen molar-refractivity contribution in [2.75, 3.05) is 13.7 Å². The zero-order valence-corrected chi connectivity index (χ0v) is 12.6. The molecule has 6 nitrogen and oxygen atoms in total. The Kier molecular flexibility index (Phi) is 5.11. The van der Waals surface area contributed by atoms with Crippen molar-refractivity contribution in [3.8, 4) is 5.75 Å². The zero-order chi connectivity index (χ0) is 14.4. The summed E-state index contributed by atoms with van der Waals surface area (Å²) in [5.74, 6) is 1.42. The Hall–Kier alpha value is -1.89. The van der Waals surface area contributed by atoms with Gasteiger partial charge in [0, 0.05) is 18.5 Å². The summed E-state index contributed by atoms with van der Waals surface area (Å²) < 4.78 is 5.88. The highest BCUT2D eigenvalue weighted by Crippen LogP contribution is 2.25. The quantitative estimate of drug-likeness (QED) is 0.789. The summed E-state index contributed by atoms with van der Waals surface area (Å²) in [5.41, 5.74) is 0.595. The molecule has 0 saturated heterocycles. The Labute approximate surface area is 125 Å². The molecule has 0 aliphatic heterocycles. The Morgan fingerprint density at radius 3 is 3.00 bits per heavy atom. The molecule has 0 bridgehead atoms. The van der Waals surface area contributed by atoms with E-state index in [9.17, 15) is 4.79 Å². The van der Waals surface area contributed by atoms with Crippen LogP contribution in [0.15, 0.2) is 29.0 Å². The Bertz CT molecular complexity index is 572. The number of halogens is 1. The normalized spacial score (nSPS) is 10.3. The molecular weight excluding hydrogens is 324 g/mol. The third-order valence-electron chi connectivity index (χ3n) is 2.75. The van der Waals surface area contributed by atoms with Gasteiger partial charge in [-0.3, -0.25) is 9.89 Å². The lowest BCUT2D eigenvalue weighted by Gasteiger charge is -2.07. The van der Waals surface area contributed by atoms with Gasteiger partial charge in [-0.15, -0.1) is 0 Å². The van der Waals surface area contributed by atoms with Crippen LogP contribution in [0.3, 0.4) is 0 Å². The van der Waals surface area contributed by atoms with Crippen molar-refractivity contribution >= 4 is 21.8 Å². The van der Waals surface area contributed by atoms with Crippen LogP contribution in [0.2, 0.25) is 0 Å². The Morgan fingerprint density at radius 2 is 2.35 bits per heavy atom. The minimum atomic E-state index is -0.106. The number of benzene rings is 1. The van der Waals surface area contributed by atoms with Gasteiger partial charge in [0.25, 0.3) is 5.91 Å². The van der Waals surface area contributed by atoms with E-state index in [1.54, 1.807) is 25.3 Å². The Morgan fingerprint density at radius 1 is 1.50 bits per heavy atom. The SMILES string of the molecule is COc1ccc(C(=O)NCCCc2ncn[nH]2)cc1Br. The average Bonchev–Trinajstić information content (AvgIpc) is 2.96. The molecule has 2 aromatic rings. The van der Waals surface area contributed by atoms with Crippen LogP contribution in [0.4, 0.5) is 0 Å². The topological polar surface area (TPSA) is 79.9 Å². The van der Waals surface area contributed by atoms with E-state index in [2.05, 4.69) is 36.4 Å². The van der Waals surface area contributed by atoms with Crippen LogP contribution in [0.25, 0.3) is 0 Å². The number of rotatable bonds is 6. The number of nitrogens with one attached hydrogen (secondary N) is 2. The number of amides is 1. The van der Waals surface area contributed by atoms with E-state index in [1.165, 1.54) is 6.33 Å². The first-order valence-corrected chi connectivity index (χ1v) is 6.96. The first-order chi connectivity index (χ1) is 9.70. The van der Waals surface area contributed by atoms with Crippen LogP contribution in [-0.4, -0.2) is 34.7 Å². The molecule has 2 N–H and O–H groups in total. The van der Waals surface area contributed by atoms with E-state index in [1.807, 2.05) is 0 Å². The van der Waals surface area contributed by atoms with Crippen LogP contribution >= 0.6 is 15.9 Å². The summed E-state index contributed by atoms with van der Waals surface area (Å²) in [6, 6.07) is 5.23. The molecule has 1 aromatic carbocycles. The van der Waals surface area contributed by atoms with Gasteiger partial charge in [-0.05, 0) is 40.5 Å². The highest BCUT2D eigenvalue weighted by molar-refractivity contribution is 9.10. The van der Waals surface area contributed by atoms with E-state index < -0.39 is 0 Å². The number of aryl methyl sites for hydroxylation is 1. The number of nitrogens with zero attached hydrogens (tertiary/aromatic N) is 2. The monoisotopic (exact) mass is 338 g/mol. The van der Waals surface area contributed by atoms with Gasteiger partial charge in [0.1, 0.15) is 17.9 Å². The van der Waals surface area contributed by atoms with Crippen molar-refractivity contribution in [2.24, 2.45) is 0 Å². The molecule has 0 fully saturated rings. The summed E-state index contributed by atoms with van der Waals surface area (Å²) in [6.07, 6.45) is 3.04. The van der Waals surface area contributed by atoms with E-state index in [0.717, 1.165) is 23.1 Å². The van der Waals surface area contributed by atoms with Gasteiger partial charge in [-0.25, -0.2) is 4.98 Å². The third-order valence-corrected chi connectivity index (χ3v) is 3.37. The molecule has 0 saturated carbocycles. The van der Waals surface area contributed by atoms with Gasteiger partial charge in [-0.2, -0.15) is 5.10 Å². The fraction of sp³-hybridized carbons (Fsp3) is 0.308. The highest BCUT2D eigenvalue weighted by atomic mass is 79.9. The first-order valence-electron chi connectivity index (χ1n) is 6.16. The summed E-state index contributed by atoms with van der Waals surface area (Å²) >= 11 is 3.36. The van der Waals surface area contributed by atoms with Crippen LogP contribution in [0, 0.1) is 0 Å². The molecule has 20 heavy (non-hydrogen) atoms. The molecular formula is C13H15BrN4O2. The largest absolute Gasteiger partial charge is 0.496 e. The molecule has 2 rings (SSSR count). The molecule has 0 spiro atoms. The van der Waals surface area contributed by atoms with E-state index in [4.69, 9.17) is 4.74 Å². The summed E-state index contributed by atoms with van der Waals surface area (Å²) in [7, 11) is 1.59. The smallest absolute Gasteiger partial charge is 0.251 e. The number of carbonyl (C=O) groups excluding carboxylic acids is 1. The van der Waals surface area contributed by atoms with Gasteiger partial charge in [-0.1, -0.05) is 0 Å². The second-order valence-corrected chi connectivity index (χ2v) is 5.00. The predicted molar refractivity (Wildman–Crippen MR) is 77.7 cm³/mol. The second kappa shape index (κ2) is 7.04. The molecule has 0 atom stereocenters. The molecule has 0 radical (unpaired) electrons. The van der Waals surface area contributed by atoms with Gasteiger partial charge in [0.15, 0.2) is 0 Å². The fourth-order valence-electron chi connectivity index (χ4n) is 1.72. The van der Waals surface area contributed by atoms with Crippen molar-refractivity contribution < 1.29 is 9.53 Å². The average molecular weight is 339 g/mol. The fourth-order valence-corrected chi connectivity index (χ4v) is 2.26. The third kappa shape index (κ3) is 3.80. The Balaban J connectivity index is 1.81. The van der Waals surface area contributed by atoms with Crippen LogP contribution < -0.4 is 10.1 Å². The lowest BCUT2D eigenvalue weighted by atomic mass is 10.2. The maximum Gasteiger partial charge on any atom is 0.251 e. The second-order valence-electron chi connectivity index (χ2n) is 4.14. The summed E-state index contributed by atoms with van der Waals surface area (Å²) in [4.78, 5) is 16.0. The summed E-state index contributed by atoms with van der Waals surface area (Å²) in [5, 5.41) is 9.42. The maximum absolute atomic E-state index is 11.9. The lowest BCUT2D eigenvalue weighted by Crippen LogP contribution is -2.24. The number of hydrogen-bond donors (Lipinski definition) is 2.